The van der Waals surface area contributed by atoms with Gasteiger partial charge in [0.2, 0.25) is 0 Å². The zero-order valence-corrected chi connectivity index (χ0v) is 13.6. The average molecular weight is 301 g/mol. The van der Waals surface area contributed by atoms with Crippen molar-refractivity contribution in [3.8, 4) is 10.6 Å². The highest BCUT2D eigenvalue weighted by Gasteiger charge is 2.24. The molecule has 0 bridgehead atoms. The van der Waals surface area contributed by atoms with Crippen molar-refractivity contribution in [1.29, 1.82) is 0 Å². The van der Waals surface area contributed by atoms with Crippen molar-refractivity contribution in [3.63, 3.8) is 0 Å². The molecule has 21 heavy (non-hydrogen) atoms. The van der Waals surface area contributed by atoms with E-state index in [0.29, 0.717) is 6.04 Å². The molecular formula is C17H23N3S. The molecule has 3 rings (SSSR count). The van der Waals surface area contributed by atoms with E-state index in [9.17, 15) is 0 Å². The van der Waals surface area contributed by atoms with Gasteiger partial charge in [-0.1, -0.05) is 29.8 Å². The number of hydrogen-bond acceptors (Lipinski definition) is 4. The van der Waals surface area contributed by atoms with Crippen LogP contribution in [-0.2, 0) is 6.54 Å². The molecule has 0 saturated carbocycles. The lowest BCUT2D eigenvalue weighted by Gasteiger charge is -2.23. The van der Waals surface area contributed by atoms with Crippen LogP contribution in [0.3, 0.4) is 0 Å². The van der Waals surface area contributed by atoms with Crippen LogP contribution in [0.25, 0.3) is 10.6 Å². The summed E-state index contributed by atoms with van der Waals surface area (Å²) in [5.41, 5.74) is 3.73. The Hall–Kier alpha value is -1.23. The summed E-state index contributed by atoms with van der Waals surface area (Å²) in [4.78, 5) is 7.38. The molecule has 2 heterocycles. The van der Waals surface area contributed by atoms with Crippen LogP contribution in [0.5, 0.6) is 0 Å². The van der Waals surface area contributed by atoms with E-state index < -0.39 is 0 Å². The van der Waals surface area contributed by atoms with Gasteiger partial charge in [0.15, 0.2) is 0 Å². The lowest BCUT2D eigenvalue weighted by atomic mass is 10.2. The molecular weight excluding hydrogens is 278 g/mol. The third-order valence-electron chi connectivity index (χ3n) is 4.15. The number of likely N-dealkylation sites (N-methyl/N-ethyl adjacent to an activating group) is 1. The molecule has 0 aliphatic carbocycles. The molecule has 1 saturated heterocycles. The van der Waals surface area contributed by atoms with Gasteiger partial charge in [-0.3, -0.25) is 4.90 Å². The lowest BCUT2D eigenvalue weighted by molar-refractivity contribution is 0.240. The van der Waals surface area contributed by atoms with Crippen molar-refractivity contribution in [2.24, 2.45) is 0 Å². The minimum Gasteiger partial charge on any atom is -0.318 e. The highest BCUT2D eigenvalue weighted by Crippen LogP contribution is 2.26. The first kappa shape index (κ1) is 14.7. The fourth-order valence-corrected chi connectivity index (χ4v) is 3.80. The highest BCUT2D eigenvalue weighted by molar-refractivity contribution is 7.13. The summed E-state index contributed by atoms with van der Waals surface area (Å²) in [5.74, 6) is 0. The predicted molar refractivity (Wildman–Crippen MR) is 89.6 cm³/mol. The number of aryl methyl sites for hydroxylation is 1. The monoisotopic (exact) mass is 301 g/mol. The molecule has 1 N–H and O–H groups in total. The van der Waals surface area contributed by atoms with Crippen LogP contribution in [0.15, 0.2) is 29.6 Å². The van der Waals surface area contributed by atoms with Gasteiger partial charge < -0.3 is 5.32 Å². The van der Waals surface area contributed by atoms with Crippen molar-refractivity contribution >= 4 is 11.3 Å². The van der Waals surface area contributed by atoms with E-state index in [-0.39, 0.29) is 0 Å². The molecule has 1 aromatic carbocycles. The standard InChI is InChI=1S/C17H23N3S/c1-13-5-7-14(8-6-13)17-19-15(12-21-17)11-20-9-3-4-16(20)10-18-2/h5-8,12,16,18H,3-4,9-11H2,1-2H3. The SMILES string of the molecule is CNCC1CCCN1Cc1csc(-c2ccc(C)cc2)n1. The zero-order chi connectivity index (χ0) is 14.7. The summed E-state index contributed by atoms with van der Waals surface area (Å²) >= 11 is 1.75. The summed E-state index contributed by atoms with van der Waals surface area (Å²) in [7, 11) is 2.04. The molecule has 1 fully saturated rings. The van der Waals surface area contributed by atoms with Crippen LogP contribution in [0.2, 0.25) is 0 Å². The van der Waals surface area contributed by atoms with Crippen LogP contribution < -0.4 is 5.32 Å². The van der Waals surface area contributed by atoms with Gasteiger partial charge in [0.05, 0.1) is 5.69 Å². The smallest absolute Gasteiger partial charge is 0.123 e. The van der Waals surface area contributed by atoms with Gasteiger partial charge in [-0.15, -0.1) is 11.3 Å². The molecule has 112 valence electrons. The van der Waals surface area contributed by atoms with Crippen molar-refractivity contribution in [1.82, 2.24) is 15.2 Å². The third-order valence-corrected chi connectivity index (χ3v) is 5.09. The van der Waals surface area contributed by atoms with Crippen LogP contribution in [0, 0.1) is 6.92 Å². The Morgan fingerprint density at radius 1 is 1.33 bits per heavy atom. The Bertz CT molecular complexity index is 576. The average Bonchev–Trinajstić information content (AvgIpc) is 3.11. The highest BCUT2D eigenvalue weighted by atomic mass is 32.1. The molecule has 1 aliphatic rings. The van der Waals surface area contributed by atoms with Crippen LogP contribution in [0.4, 0.5) is 0 Å². The fourth-order valence-electron chi connectivity index (χ4n) is 2.99. The maximum absolute atomic E-state index is 4.82. The Morgan fingerprint density at radius 3 is 2.90 bits per heavy atom. The lowest BCUT2D eigenvalue weighted by Crippen LogP contribution is -2.36. The Kier molecular flexibility index (Phi) is 4.68. The van der Waals surface area contributed by atoms with Crippen LogP contribution in [0.1, 0.15) is 24.1 Å². The number of rotatable bonds is 5. The summed E-state index contributed by atoms with van der Waals surface area (Å²) in [6, 6.07) is 9.30. The quantitative estimate of drug-likeness (QED) is 0.918. The topological polar surface area (TPSA) is 28.2 Å². The van der Waals surface area contributed by atoms with Gasteiger partial charge in [0.25, 0.3) is 0 Å². The number of likely N-dealkylation sites (tertiary alicyclic amines) is 1. The van der Waals surface area contributed by atoms with Crippen LogP contribution in [-0.4, -0.2) is 36.1 Å². The molecule has 4 heteroatoms. The molecule has 3 nitrogen and oxygen atoms in total. The second-order valence-electron chi connectivity index (χ2n) is 5.83. The van der Waals surface area contributed by atoms with E-state index in [1.54, 1.807) is 11.3 Å². The van der Waals surface area contributed by atoms with E-state index in [1.165, 1.54) is 36.2 Å². The molecule has 1 aliphatic heterocycles. The number of nitrogens with zero attached hydrogens (tertiary/aromatic N) is 2. The van der Waals surface area contributed by atoms with Gasteiger partial charge in [-0.25, -0.2) is 4.98 Å². The number of thiazole rings is 1. The molecule has 1 aromatic heterocycles. The van der Waals surface area contributed by atoms with Crippen molar-refractivity contribution in [2.45, 2.75) is 32.4 Å². The van der Waals surface area contributed by atoms with Gasteiger partial charge >= 0.3 is 0 Å². The predicted octanol–water partition coefficient (Wildman–Crippen LogP) is 3.30. The van der Waals surface area contributed by atoms with Crippen molar-refractivity contribution in [2.75, 3.05) is 20.1 Å². The minimum atomic E-state index is 0.666. The van der Waals surface area contributed by atoms with Crippen molar-refractivity contribution < 1.29 is 0 Å². The second kappa shape index (κ2) is 6.69. The van der Waals surface area contributed by atoms with E-state index in [1.807, 2.05) is 7.05 Å². The minimum absolute atomic E-state index is 0.666. The van der Waals surface area contributed by atoms with Crippen LogP contribution >= 0.6 is 11.3 Å². The summed E-state index contributed by atoms with van der Waals surface area (Å²) < 4.78 is 0. The zero-order valence-electron chi connectivity index (χ0n) is 12.8. The van der Waals surface area contributed by atoms with E-state index in [4.69, 9.17) is 4.98 Å². The first-order chi connectivity index (χ1) is 10.3. The summed E-state index contributed by atoms with van der Waals surface area (Å²) in [6.07, 6.45) is 2.61. The number of aromatic nitrogens is 1. The first-order valence-corrected chi connectivity index (χ1v) is 8.54. The Labute approximate surface area is 131 Å². The fraction of sp³-hybridized carbons (Fsp3) is 0.471. The first-order valence-electron chi connectivity index (χ1n) is 7.66. The summed E-state index contributed by atoms with van der Waals surface area (Å²) in [5, 5.41) is 6.65. The molecule has 1 unspecified atom stereocenters. The summed E-state index contributed by atoms with van der Waals surface area (Å²) in [6.45, 7) is 5.37. The molecule has 0 radical (unpaired) electrons. The van der Waals surface area contributed by atoms with E-state index >= 15 is 0 Å². The number of benzene rings is 1. The molecule has 0 spiro atoms. The van der Waals surface area contributed by atoms with Gasteiger partial charge in [-0.2, -0.15) is 0 Å². The molecule has 0 amide bonds. The Balaban J connectivity index is 1.69. The molecule has 1 atom stereocenters. The third kappa shape index (κ3) is 3.51. The number of hydrogen-bond donors (Lipinski definition) is 1. The maximum Gasteiger partial charge on any atom is 0.123 e. The normalized spacial score (nSPS) is 19.2. The maximum atomic E-state index is 4.82. The van der Waals surface area contributed by atoms with E-state index in [2.05, 4.69) is 46.8 Å². The largest absolute Gasteiger partial charge is 0.318 e. The van der Waals surface area contributed by atoms with Gasteiger partial charge in [-0.05, 0) is 33.4 Å². The molecule has 2 aromatic rings. The number of nitrogens with one attached hydrogen (secondary N) is 1. The van der Waals surface area contributed by atoms with Gasteiger partial charge in [0, 0.05) is 30.1 Å². The Morgan fingerprint density at radius 2 is 2.14 bits per heavy atom. The second-order valence-corrected chi connectivity index (χ2v) is 6.69. The van der Waals surface area contributed by atoms with Gasteiger partial charge in [0.1, 0.15) is 5.01 Å². The van der Waals surface area contributed by atoms with Crippen molar-refractivity contribution in [3.05, 3.63) is 40.9 Å². The van der Waals surface area contributed by atoms with E-state index in [0.717, 1.165) is 18.1 Å².